The summed E-state index contributed by atoms with van der Waals surface area (Å²) in [5, 5.41) is 18.1. The second-order valence-corrected chi connectivity index (χ2v) is 6.50. The Kier molecular flexibility index (Phi) is 4.05. The molecule has 1 N–H and O–H groups in total. The Balaban J connectivity index is 3.53. The molecule has 1 aromatic carbocycles. The molecular weight excluding hydrogens is 315 g/mol. The van der Waals surface area contributed by atoms with E-state index in [-0.39, 0.29) is 0 Å². The van der Waals surface area contributed by atoms with Crippen molar-refractivity contribution in [3.8, 4) is 11.8 Å². The van der Waals surface area contributed by atoms with Gasteiger partial charge in [-0.1, -0.05) is 0 Å². The molecule has 4 nitrogen and oxygen atoms in total. The fourth-order valence-electron chi connectivity index (χ4n) is 1.06. The molecule has 10 heteroatoms. The molecule has 0 amide bonds. The number of aromatic hydroxyl groups is 1. The molecule has 18 heavy (non-hydrogen) atoms. The molecule has 98 valence electrons. The van der Waals surface area contributed by atoms with Crippen molar-refractivity contribution in [3.63, 3.8) is 0 Å². The van der Waals surface area contributed by atoms with E-state index in [0.29, 0.717) is 0 Å². The van der Waals surface area contributed by atoms with Gasteiger partial charge in [-0.15, -0.1) is 0 Å². The molecular formula is C8H3ClF3NO3S2. The number of phenols is 1. The number of hydrogen-bond acceptors (Lipinski definition) is 5. The monoisotopic (exact) mass is 317 g/mol. The van der Waals surface area contributed by atoms with Gasteiger partial charge in [0.1, 0.15) is 11.0 Å². The predicted molar refractivity (Wildman–Crippen MR) is 57.8 cm³/mol. The fourth-order valence-corrected chi connectivity index (χ4v) is 2.72. The maximum absolute atomic E-state index is 12.2. The molecule has 0 heterocycles. The lowest BCUT2D eigenvalue weighted by Gasteiger charge is -2.11. The van der Waals surface area contributed by atoms with Crippen molar-refractivity contribution >= 4 is 31.5 Å². The lowest BCUT2D eigenvalue weighted by atomic mass is 10.2. The van der Waals surface area contributed by atoms with E-state index in [4.69, 9.17) is 15.9 Å². The summed E-state index contributed by atoms with van der Waals surface area (Å²) in [6.07, 6.45) is 0. The highest BCUT2D eigenvalue weighted by atomic mass is 35.7. The van der Waals surface area contributed by atoms with Crippen LogP contribution >= 0.6 is 22.4 Å². The minimum absolute atomic E-state index is 0.501. The van der Waals surface area contributed by atoms with Crippen LogP contribution in [0.5, 0.6) is 5.75 Å². The van der Waals surface area contributed by atoms with Gasteiger partial charge < -0.3 is 5.11 Å². The average molecular weight is 318 g/mol. The minimum Gasteiger partial charge on any atom is -0.505 e. The summed E-state index contributed by atoms with van der Waals surface area (Å²) < 4.78 is 58.7. The van der Waals surface area contributed by atoms with E-state index in [0.717, 1.165) is 12.1 Å². The van der Waals surface area contributed by atoms with Gasteiger partial charge in [0.15, 0.2) is 5.75 Å². The smallest absolute Gasteiger partial charge is 0.446 e. The van der Waals surface area contributed by atoms with Crippen molar-refractivity contribution in [1.82, 2.24) is 0 Å². The third-order valence-electron chi connectivity index (χ3n) is 1.70. The van der Waals surface area contributed by atoms with E-state index < -0.39 is 47.4 Å². The van der Waals surface area contributed by atoms with Crippen molar-refractivity contribution in [3.05, 3.63) is 17.7 Å². The quantitative estimate of drug-likeness (QED) is 0.670. The number of hydrogen-bond donors (Lipinski definition) is 1. The van der Waals surface area contributed by atoms with Gasteiger partial charge in [-0.25, -0.2) is 8.42 Å². The van der Waals surface area contributed by atoms with Crippen molar-refractivity contribution in [2.24, 2.45) is 0 Å². The predicted octanol–water partition coefficient (Wildman–Crippen LogP) is 2.80. The van der Waals surface area contributed by atoms with Crippen molar-refractivity contribution in [1.29, 1.82) is 5.26 Å². The second-order valence-electron chi connectivity index (χ2n) is 2.89. The van der Waals surface area contributed by atoms with Gasteiger partial charge in [-0.3, -0.25) is 0 Å². The zero-order valence-corrected chi connectivity index (χ0v) is 10.6. The third-order valence-corrected chi connectivity index (χ3v) is 3.90. The van der Waals surface area contributed by atoms with Crippen LogP contribution in [0.3, 0.4) is 0 Å². The molecule has 0 bridgehead atoms. The number of alkyl halides is 3. The highest BCUT2D eigenvalue weighted by Crippen LogP contribution is 2.45. The standard InChI is InChI=1S/C8H3ClF3NO3S2/c9-18(15,16)5-2-1-4(3-13)7(6(5)14)17-8(10,11)12/h1-2,14H. The number of nitriles is 1. The average Bonchev–Trinajstić information content (AvgIpc) is 2.17. The van der Waals surface area contributed by atoms with E-state index >= 15 is 0 Å². The number of rotatable bonds is 2. The van der Waals surface area contributed by atoms with Crippen LogP contribution in [0.25, 0.3) is 0 Å². The Hall–Kier alpha value is -1.11. The number of nitrogens with zero attached hydrogens (tertiary/aromatic N) is 1. The van der Waals surface area contributed by atoms with Gasteiger partial charge in [0.2, 0.25) is 0 Å². The lowest BCUT2D eigenvalue weighted by molar-refractivity contribution is -0.0329. The summed E-state index contributed by atoms with van der Waals surface area (Å²) in [4.78, 5) is -1.78. The zero-order chi connectivity index (χ0) is 14.1. The van der Waals surface area contributed by atoms with Gasteiger partial charge in [-0.05, 0) is 23.9 Å². The van der Waals surface area contributed by atoms with Crippen LogP contribution in [-0.2, 0) is 9.05 Å². The van der Waals surface area contributed by atoms with Crippen molar-refractivity contribution < 1.29 is 26.7 Å². The number of phenolic OH excluding ortho intramolecular Hbond substituents is 1. The maximum Gasteiger partial charge on any atom is 0.446 e. The van der Waals surface area contributed by atoms with Gasteiger partial charge in [0.25, 0.3) is 9.05 Å². The highest BCUT2D eigenvalue weighted by molar-refractivity contribution is 8.13. The molecule has 1 aromatic rings. The topological polar surface area (TPSA) is 78.2 Å². The maximum atomic E-state index is 12.2. The Morgan fingerprint density at radius 2 is 1.94 bits per heavy atom. The largest absolute Gasteiger partial charge is 0.505 e. The number of thioether (sulfide) groups is 1. The summed E-state index contributed by atoms with van der Waals surface area (Å²) in [7, 11) is 0.537. The van der Waals surface area contributed by atoms with E-state index in [1.807, 2.05) is 0 Å². The summed E-state index contributed by atoms with van der Waals surface area (Å²) in [6.45, 7) is 0. The Morgan fingerprint density at radius 1 is 1.39 bits per heavy atom. The summed E-state index contributed by atoms with van der Waals surface area (Å²) in [5.41, 5.74) is -5.28. The van der Waals surface area contributed by atoms with Crippen LogP contribution in [0.1, 0.15) is 5.56 Å². The van der Waals surface area contributed by atoms with Crippen LogP contribution in [0, 0.1) is 11.3 Å². The Morgan fingerprint density at radius 3 is 2.33 bits per heavy atom. The molecule has 0 atom stereocenters. The molecule has 0 aliphatic rings. The van der Waals surface area contributed by atoms with Crippen molar-refractivity contribution in [2.45, 2.75) is 15.3 Å². The normalized spacial score (nSPS) is 12.2. The van der Waals surface area contributed by atoms with Crippen LogP contribution in [-0.4, -0.2) is 19.0 Å². The fraction of sp³-hybridized carbons (Fsp3) is 0.125. The molecule has 0 aliphatic heterocycles. The highest BCUT2D eigenvalue weighted by Gasteiger charge is 2.34. The second kappa shape index (κ2) is 4.87. The van der Waals surface area contributed by atoms with E-state index in [1.165, 1.54) is 6.07 Å². The zero-order valence-electron chi connectivity index (χ0n) is 8.19. The van der Waals surface area contributed by atoms with Crippen LogP contribution in [0.15, 0.2) is 21.9 Å². The van der Waals surface area contributed by atoms with Gasteiger partial charge >= 0.3 is 5.51 Å². The first-order chi connectivity index (χ1) is 8.06. The number of benzene rings is 1. The molecule has 0 spiro atoms. The first-order valence-electron chi connectivity index (χ1n) is 4.02. The molecule has 0 saturated carbocycles. The van der Waals surface area contributed by atoms with Crippen LogP contribution in [0.2, 0.25) is 0 Å². The Labute approximate surface area is 108 Å². The summed E-state index contributed by atoms with van der Waals surface area (Å²) in [5.74, 6) is -1.19. The minimum atomic E-state index is -4.78. The molecule has 0 fully saturated rings. The third kappa shape index (κ3) is 3.44. The first-order valence-corrected chi connectivity index (χ1v) is 7.15. The van der Waals surface area contributed by atoms with E-state index in [2.05, 4.69) is 0 Å². The molecule has 0 aromatic heterocycles. The van der Waals surface area contributed by atoms with Crippen molar-refractivity contribution in [2.75, 3.05) is 0 Å². The lowest BCUT2D eigenvalue weighted by Crippen LogP contribution is -2.02. The van der Waals surface area contributed by atoms with E-state index in [9.17, 15) is 26.7 Å². The molecule has 1 rings (SSSR count). The summed E-state index contributed by atoms with van der Waals surface area (Å²) >= 11 is -0.787. The Bertz CT molecular complexity index is 622. The van der Waals surface area contributed by atoms with Crippen LogP contribution in [0.4, 0.5) is 13.2 Å². The molecule has 0 unspecified atom stereocenters. The summed E-state index contributed by atoms with van der Waals surface area (Å²) in [6, 6.07) is 3.02. The molecule has 0 saturated heterocycles. The SMILES string of the molecule is N#Cc1ccc(S(=O)(=O)Cl)c(O)c1SC(F)(F)F. The van der Waals surface area contributed by atoms with Gasteiger partial charge in [-0.2, -0.15) is 18.4 Å². The molecule has 0 radical (unpaired) electrons. The first kappa shape index (κ1) is 14.9. The van der Waals surface area contributed by atoms with Gasteiger partial charge in [0, 0.05) is 10.7 Å². The van der Waals surface area contributed by atoms with E-state index in [1.54, 1.807) is 0 Å². The van der Waals surface area contributed by atoms with Crippen LogP contribution < -0.4 is 0 Å². The number of halogens is 4. The molecule has 0 aliphatic carbocycles. The van der Waals surface area contributed by atoms with Gasteiger partial charge in [0.05, 0.1) is 10.5 Å².